The molecule has 0 amide bonds. The molecule has 39 heavy (non-hydrogen) atoms. The van der Waals surface area contributed by atoms with Gasteiger partial charge < -0.3 is 11.5 Å². The summed E-state index contributed by atoms with van der Waals surface area (Å²) in [6.45, 7) is 2.23. The zero-order valence-electron chi connectivity index (χ0n) is 22.7. The number of nitrogen functional groups attached to an aromatic ring is 2. The third kappa shape index (κ3) is 6.00. The molecule has 0 atom stereocenters. The Morgan fingerprint density at radius 1 is 0.667 bits per heavy atom. The van der Waals surface area contributed by atoms with Crippen molar-refractivity contribution in [2.24, 2.45) is 5.92 Å². The zero-order chi connectivity index (χ0) is 27.4. The first kappa shape index (κ1) is 26.9. The normalized spacial score (nSPS) is 15.4. The summed E-state index contributed by atoms with van der Waals surface area (Å²) in [6, 6.07) is 26.5. The number of halogens is 2. The van der Waals surface area contributed by atoms with Crippen LogP contribution in [0.15, 0.2) is 84.9 Å². The van der Waals surface area contributed by atoms with Gasteiger partial charge >= 0.3 is 0 Å². The first-order valence-corrected chi connectivity index (χ1v) is 14.1. The fourth-order valence-electron chi connectivity index (χ4n) is 6.30. The van der Waals surface area contributed by atoms with Gasteiger partial charge in [-0.1, -0.05) is 68.3 Å². The SMILES string of the molecule is CCCC1CCC(c2ccc(Cc3ccc(N)cc3)c(F)c2)(c2ccc(Cc3ccc(N)cc3)c(F)c2)CC1. The van der Waals surface area contributed by atoms with Gasteiger partial charge in [-0.3, -0.25) is 0 Å². The van der Waals surface area contributed by atoms with E-state index in [1.54, 1.807) is 12.1 Å². The summed E-state index contributed by atoms with van der Waals surface area (Å²) >= 11 is 0. The van der Waals surface area contributed by atoms with Crippen molar-refractivity contribution in [3.63, 3.8) is 0 Å². The lowest BCUT2D eigenvalue weighted by Crippen LogP contribution is -2.33. The van der Waals surface area contributed by atoms with Crippen LogP contribution in [0, 0.1) is 17.6 Å². The third-order valence-electron chi connectivity index (χ3n) is 8.62. The fourth-order valence-corrected chi connectivity index (χ4v) is 6.30. The lowest BCUT2D eigenvalue weighted by Gasteiger charge is -2.41. The molecule has 4 heteroatoms. The van der Waals surface area contributed by atoms with Crippen molar-refractivity contribution in [1.82, 2.24) is 0 Å². The topological polar surface area (TPSA) is 52.0 Å². The molecular formula is C35H38F2N2. The summed E-state index contributed by atoms with van der Waals surface area (Å²) in [5.74, 6) is 0.257. The maximum absolute atomic E-state index is 15.6. The summed E-state index contributed by atoms with van der Waals surface area (Å²) in [6.07, 6.45) is 7.31. The highest BCUT2D eigenvalue weighted by atomic mass is 19.1. The number of rotatable bonds is 8. The minimum Gasteiger partial charge on any atom is -0.399 e. The van der Waals surface area contributed by atoms with Crippen LogP contribution in [0.25, 0.3) is 0 Å². The smallest absolute Gasteiger partial charge is 0.127 e. The van der Waals surface area contributed by atoms with E-state index in [2.05, 4.69) is 19.1 Å². The lowest BCUT2D eigenvalue weighted by molar-refractivity contribution is 0.253. The largest absolute Gasteiger partial charge is 0.399 e. The van der Waals surface area contributed by atoms with Gasteiger partial charge in [0, 0.05) is 29.6 Å². The maximum atomic E-state index is 15.6. The van der Waals surface area contributed by atoms with Crippen molar-refractivity contribution in [3.8, 4) is 0 Å². The molecule has 1 aliphatic carbocycles. The second-order valence-corrected chi connectivity index (χ2v) is 11.3. The molecule has 4 aromatic carbocycles. The average molecular weight is 525 g/mol. The second kappa shape index (κ2) is 11.6. The van der Waals surface area contributed by atoms with E-state index in [-0.39, 0.29) is 11.6 Å². The van der Waals surface area contributed by atoms with Crippen LogP contribution in [0.5, 0.6) is 0 Å². The van der Waals surface area contributed by atoms with Crippen LogP contribution >= 0.6 is 0 Å². The van der Waals surface area contributed by atoms with Gasteiger partial charge in [-0.25, -0.2) is 8.78 Å². The zero-order valence-corrected chi connectivity index (χ0v) is 22.7. The number of hydrogen-bond donors (Lipinski definition) is 2. The molecule has 0 radical (unpaired) electrons. The Morgan fingerprint density at radius 3 is 1.49 bits per heavy atom. The van der Waals surface area contributed by atoms with Crippen molar-refractivity contribution in [1.29, 1.82) is 0 Å². The van der Waals surface area contributed by atoms with E-state index in [4.69, 9.17) is 11.5 Å². The molecule has 4 N–H and O–H groups in total. The van der Waals surface area contributed by atoms with Gasteiger partial charge in [-0.2, -0.15) is 0 Å². The Morgan fingerprint density at radius 2 is 1.10 bits per heavy atom. The molecule has 1 aliphatic rings. The van der Waals surface area contributed by atoms with Gasteiger partial charge in [0.25, 0.3) is 0 Å². The molecule has 202 valence electrons. The molecule has 0 heterocycles. The number of nitrogens with two attached hydrogens (primary N) is 2. The Labute approximate surface area is 231 Å². The Bertz CT molecular complexity index is 1300. The molecule has 1 fully saturated rings. The molecule has 0 aliphatic heterocycles. The molecule has 0 aromatic heterocycles. The van der Waals surface area contributed by atoms with Crippen LogP contribution in [0.3, 0.4) is 0 Å². The van der Waals surface area contributed by atoms with E-state index in [1.807, 2.05) is 60.7 Å². The maximum Gasteiger partial charge on any atom is 0.127 e. The molecule has 2 nitrogen and oxygen atoms in total. The van der Waals surface area contributed by atoms with Gasteiger partial charge in [0.15, 0.2) is 0 Å². The summed E-state index contributed by atoms with van der Waals surface area (Å²) in [5.41, 5.74) is 17.9. The quantitative estimate of drug-likeness (QED) is 0.227. The summed E-state index contributed by atoms with van der Waals surface area (Å²) in [7, 11) is 0. The molecule has 0 saturated heterocycles. The van der Waals surface area contributed by atoms with Crippen molar-refractivity contribution < 1.29 is 8.78 Å². The average Bonchev–Trinajstić information content (AvgIpc) is 2.94. The molecule has 5 rings (SSSR count). The van der Waals surface area contributed by atoms with Gasteiger partial charge in [-0.05, 0) is 101 Å². The molecule has 0 unspecified atom stereocenters. The monoisotopic (exact) mass is 524 g/mol. The standard InChI is InChI=1S/C35H38F2N2/c1-2-3-24-16-18-35(19-17-24,29-10-8-27(33(36)22-29)20-25-4-12-31(38)13-5-25)30-11-9-28(34(37)23-30)21-26-6-14-32(39)15-7-26/h4-15,22-24H,2-3,16-21,38-39H2,1H3. The molecule has 0 bridgehead atoms. The van der Waals surface area contributed by atoms with Crippen LogP contribution in [-0.4, -0.2) is 0 Å². The highest BCUT2D eigenvalue weighted by Gasteiger charge is 2.39. The first-order chi connectivity index (χ1) is 18.9. The van der Waals surface area contributed by atoms with Gasteiger partial charge in [0.1, 0.15) is 11.6 Å². The van der Waals surface area contributed by atoms with Crippen molar-refractivity contribution >= 4 is 11.4 Å². The lowest BCUT2D eigenvalue weighted by atomic mass is 9.62. The Balaban J connectivity index is 1.46. The van der Waals surface area contributed by atoms with E-state index in [0.29, 0.717) is 41.3 Å². The molecule has 1 saturated carbocycles. The van der Waals surface area contributed by atoms with Gasteiger partial charge in [0.05, 0.1) is 0 Å². The van der Waals surface area contributed by atoms with E-state index >= 15 is 8.78 Å². The number of anilines is 2. The van der Waals surface area contributed by atoms with Crippen molar-refractivity contribution in [2.45, 2.75) is 63.7 Å². The predicted octanol–water partition coefficient (Wildman–Crippen LogP) is 8.59. The summed E-state index contributed by atoms with van der Waals surface area (Å²) in [4.78, 5) is 0. The van der Waals surface area contributed by atoms with Gasteiger partial charge in [-0.15, -0.1) is 0 Å². The minimum atomic E-state index is -0.397. The highest BCUT2D eigenvalue weighted by Crippen LogP contribution is 2.48. The minimum absolute atomic E-state index is 0.208. The Kier molecular flexibility index (Phi) is 8.02. The van der Waals surface area contributed by atoms with Crippen LogP contribution in [0.2, 0.25) is 0 Å². The van der Waals surface area contributed by atoms with E-state index in [0.717, 1.165) is 47.9 Å². The fraction of sp³-hybridized carbons (Fsp3) is 0.314. The first-order valence-electron chi connectivity index (χ1n) is 14.1. The van der Waals surface area contributed by atoms with Crippen LogP contribution in [0.4, 0.5) is 20.2 Å². The Hall–Kier alpha value is -3.66. The second-order valence-electron chi connectivity index (χ2n) is 11.3. The van der Waals surface area contributed by atoms with Crippen LogP contribution in [0.1, 0.15) is 78.8 Å². The van der Waals surface area contributed by atoms with E-state index < -0.39 is 5.41 Å². The van der Waals surface area contributed by atoms with Crippen molar-refractivity contribution in [2.75, 3.05) is 11.5 Å². The third-order valence-corrected chi connectivity index (χ3v) is 8.62. The highest BCUT2D eigenvalue weighted by molar-refractivity contribution is 5.46. The van der Waals surface area contributed by atoms with Crippen LogP contribution < -0.4 is 11.5 Å². The van der Waals surface area contributed by atoms with Crippen LogP contribution in [-0.2, 0) is 18.3 Å². The number of benzene rings is 4. The molecular weight excluding hydrogens is 486 g/mol. The summed E-state index contributed by atoms with van der Waals surface area (Å²) in [5, 5.41) is 0. The summed E-state index contributed by atoms with van der Waals surface area (Å²) < 4.78 is 31.1. The predicted molar refractivity (Wildman–Crippen MR) is 158 cm³/mol. The van der Waals surface area contributed by atoms with E-state index in [9.17, 15) is 0 Å². The number of hydrogen-bond acceptors (Lipinski definition) is 2. The van der Waals surface area contributed by atoms with E-state index in [1.165, 1.54) is 12.8 Å². The van der Waals surface area contributed by atoms with Crippen molar-refractivity contribution in [3.05, 3.63) is 130 Å². The van der Waals surface area contributed by atoms with Gasteiger partial charge in [0.2, 0.25) is 0 Å². The molecule has 4 aromatic rings. The molecule has 0 spiro atoms.